The fraction of sp³-hybridized carbons (Fsp3) is 0.324. The highest BCUT2D eigenvalue weighted by Gasteiger charge is 2.46. The second-order valence-electron chi connectivity index (χ2n) is 37.1. The lowest BCUT2D eigenvalue weighted by atomic mass is 9.77. The van der Waals surface area contributed by atoms with E-state index >= 15 is 0 Å². The molecule has 7 aromatic heterocycles. The van der Waals surface area contributed by atoms with Crippen LogP contribution in [0, 0.1) is 40.1 Å². The first-order chi connectivity index (χ1) is 60.7. The van der Waals surface area contributed by atoms with Crippen LogP contribution in [0.5, 0.6) is 0 Å². The van der Waals surface area contributed by atoms with Crippen molar-refractivity contribution in [3.8, 4) is 34.9 Å². The molecule has 0 atom stereocenters. The van der Waals surface area contributed by atoms with Crippen LogP contribution in [0.2, 0.25) is 0 Å². The van der Waals surface area contributed by atoms with Gasteiger partial charge in [-0.25, -0.2) is 42.7 Å². The number of nitrogens with zero attached hydrogens (tertiary/aromatic N) is 11. The molecule has 3 saturated heterocycles. The minimum atomic E-state index is -0.573. The minimum Gasteiger partial charge on any atom is -0.465 e. The smallest absolute Gasteiger partial charge is 0.338 e. The van der Waals surface area contributed by atoms with Gasteiger partial charge in [0.05, 0.1) is 117 Å². The number of primary amides is 1. The minimum absolute atomic E-state index is 0. The molecule has 18 rings (SSSR count). The number of amides is 1. The molecular weight excluding hydrogens is 1630 g/mol. The maximum absolute atomic E-state index is 14.0. The van der Waals surface area contributed by atoms with Gasteiger partial charge in [-0.05, 0) is 240 Å². The number of esters is 2. The van der Waals surface area contributed by atoms with Gasteiger partial charge in [-0.15, -0.1) is 0 Å². The number of carbonyl (C=O) groups is 3. The number of pyridine rings is 3. The number of benzene rings is 8. The number of aromatic amines is 2. The Labute approximate surface area is 750 Å². The van der Waals surface area contributed by atoms with Crippen molar-refractivity contribution in [3.05, 3.63) is 246 Å². The summed E-state index contributed by atoms with van der Waals surface area (Å²) in [7, 11) is 9.29. The van der Waals surface area contributed by atoms with Gasteiger partial charge in [0.25, 0.3) is 5.91 Å². The monoisotopic (exact) mass is 1740 g/mol. The lowest BCUT2D eigenvalue weighted by Gasteiger charge is -2.54. The van der Waals surface area contributed by atoms with Gasteiger partial charge < -0.3 is 61.7 Å². The quantitative estimate of drug-likeness (QED) is 0.0416. The van der Waals surface area contributed by atoms with Crippen LogP contribution in [0.15, 0.2) is 201 Å². The highest BCUT2D eigenvalue weighted by atomic mass is 19.1. The number of rotatable bonds is 12. The Kier molecular flexibility index (Phi) is 26.2. The molecule has 0 bridgehead atoms. The van der Waals surface area contributed by atoms with Gasteiger partial charge in [-0.2, -0.15) is 10.5 Å². The number of fused-ring (bicyclic) bond motifs is 10. The number of halogens is 3. The summed E-state index contributed by atoms with van der Waals surface area (Å²) in [5.74, 6) is -1.69. The number of nitrogens with one attached hydrogen (secondary N) is 5. The first kappa shape index (κ1) is 92.8. The number of nitrogens with two attached hydrogens (primary N) is 3. The summed E-state index contributed by atoms with van der Waals surface area (Å²) in [5.41, 5.74) is 30.5. The van der Waals surface area contributed by atoms with Crippen molar-refractivity contribution in [2.24, 2.45) is 5.73 Å². The highest BCUT2D eigenvalue weighted by molar-refractivity contribution is 6.19. The lowest BCUT2D eigenvalue weighted by molar-refractivity contribution is -0.00797. The first-order valence-electron chi connectivity index (χ1n) is 42.6. The number of aromatic nitrogens is 8. The normalized spacial score (nSPS) is 16.5. The SMILES string of the molecule is C.CN1C(C)(C)CC(Nc2cc(-n3c4ccccc4c4c(-c5nc6ccc(F)cc6[nH]5)cccc43)cnc2C(N)=O)CC1(C)C.CN1C(C)(C)CC(Nc2cc(F)cnc2C#N)CC1(C)C.COC(=O)c1cccc2[nH]c3ccccc3c12.COC(=O)c1cccc2c1c1ccccc1n2-c1cnc(C#N)c(NC2CC(C)(C)N(C)C(C)(C)C2)c1.Nc1ccc(F)cc1N. The molecule has 0 spiro atoms. The van der Waals surface area contributed by atoms with E-state index in [0.717, 1.165) is 133 Å². The molecule has 3 aliphatic heterocycles. The largest absolute Gasteiger partial charge is 0.465 e. The number of hydrogen-bond donors (Lipinski definition) is 8. The van der Waals surface area contributed by atoms with Gasteiger partial charge in [-0.1, -0.05) is 86.3 Å². The molecule has 27 heteroatoms. The second kappa shape index (κ2) is 36.5. The van der Waals surface area contributed by atoms with Crippen LogP contribution in [0.3, 0.4) is 0 Å². The zero-order valence-electron chi connectivity index (χ0n) is 75.4. The molecule has 129 heavy (non-hydrogen) atoms. The molecule has 3 aliphatic rings. The summed E-state index contributed by atoms with van der Waals surface area (Å²) < 4.78 is 53.7. The van der Waals surface area contributed by atoms with Gasteiger partial charge in [0.2, 0.25) is 0 Å². The van der Waals surface area contributed by atoms with E-state index in [0.29, 0.717) is 50.7 Å². The summed E-state index contributed by atoms with van der Waals surface area (Å²) in [6.07, 6.45) is 10.0. The van der Waals surface area contributed by atoms with Crippen LogP contribution in [0.25, 0.3) is 99.2 Å². The van der Waals surface area contributed by atoms with Gasteiger partial charge in [0.15, 0.2) is 17.1 Å². The van der Waals surface area contributed by atoms with Gasteiger partial charge in [0.1, 0.15) is 35.4 Å². The van der Waals surface area contributed by atoms with Gasteiger partial charge >= 0.3 is 11.9 Å². The summed E-state index contributed by atoms with van der Waals surface area (Å²) >= 11 is 0. The first-order valence-corrected chi connectivity index (χ1v) is 42.6. The Bertz CT molecular complexity index is 6810. The van der Waals surface area contributed by atoms with E-state index in [-0.39, 0.29) is 99.4 Å². The van der Waals surface area contributed by atoms with Crippen LogP contribution in [0.4, 0.5) is 41.6 Å². The highest BCUT2D eigenvalue weighted by Crippen LogP contribution is 2.45. The van der Waals surface area contributed by atoms with Crippen molar-refractivity contribution in [2.45, 2.75) is 180 Å². The van der Waals surface area contributed by atoms with E-state index in [2.05, 4.69) is 193 Å². The van der Waals surface area contributed by atoms with Crippen LogP contribution >= 0.6 is 0 Å². The fourth-order valence-corrected chi connectivity index (χ4v) is 19.3. The Balaban J connectivity index is 0.000000149. The number of H-pyrrole nitrogens is 2. The molecule has 668 valence electrons. The maximum atomic E-state index is 14.0. The molecule has 0 unspecified atom stereocenters. The standard InChI is InChI=1S/C35H36FN7O.C30H33N5O2.C16H23FN4.C14H11NO2.C6H7FN2.CH4/c1-34(2)17-21(18-35(3,4)42(34)5)39-27-16-22(19-38-31(27)32(37)44)43-28-11-7-6-9-23(28)30-24(10-8-12-29(30)43)33-40-25-14-13-20(36)15-26(25)41-33;1-29(2)15-19(16-30(3,4)34(29)5)33-23-14-20(18-32-24(23)17-31)35-25-12-8-7-10-21(25)27-22(28(36)37-6)11-9-13-26(27)35;1-15(2)7-12(8-16(3,4)21(15)5)20-13-6-11(17)10-19-14(13)9-18;1-17-14(16)10-6-4-8-12-13(10)9-5-2-3-7-11(9)15-12;7-4-1-2-5(8)6(9)3-4;/h6-16,19,21,39H,17-18H2,1-5H3,(H2,37,44)(H,40,41);7-14,18-19,33H,15-16H2,1-6H3;6,10,12,20H,7-8H2,1-5H3;2-8,15H,1H3;1-3H,8-9H2;1H4. The van der Waals surface area contributed by atoms with E-state index in [1.54, 1.807) is 30.6 Å². The molecule has 8 aromatic carbocycles. The molecule has 0 radical (unpaired) electrons. The van der Waals surface area contributed by atoms with Crippen LogP contribution in [-0.2, 0) is 9.47 Å². The Morgan fingerprint density at radius 3 is 1.37 bits per heavy atom. The number of piperidine rings is 3. The zero-order valence-corrected chi connectivity index (χ0v) is 75.4. The van der Waals surface area contributed by atoms with E-state index in [4.69, 9.17) is 36.9 Å². The number of para-hydroxylation sites is 3. The number of ether oxygens (including phenoxy) is 2. The van der Waals surface area contributed by atoms with Crippen LogP contribution in [0.1, 0.15) is 172 Å². The molecule has 10 heterocycles. The van der Waals surface area contributed by atoms with Crippen molar-refractivity contribution in [1.82, 2.24) is 53.7 Å². The lowest BCUT2D eigenvalue weighted by Crippen LogP contribution is -2.61. The summed E-state index contributed by atoms with van der Waals surface area (Å²) in [4.78, 5) is 68.5. The van der Waals surface area contributed by atoms with Crippen molar-refractivity contribution in [2.75, 3.05) is 62.8 Å². The predicted octanol–water partition coefficient (Wildman–Crippen LogP) is 20.8. The summed E-state index contributed by atoms with van der Waals surface area (Å²) in [6.45, 7) is 26.9. The number of imidazole rings is 1. The second-order valence-corrected chi connectivity index (χ2v) is 37.1. The number of hydrogen-bond acceptors (Lipinski definition) is 19. The molecular formula is C102H114F3N19O5. The van der Waals surface area contributed by atoms with E-state index in [1.807, 2.05) is 115 Å². The average molecular weight is 1740 g/mol. The van der Waals surface area contributed by atoms with Crippen LogP contribution in [-0.4, -0.2) is 158 Å². The van der Waals surface area contributed by atoms with E-state index < -0.39 is 11.7 Å². The molecule has 11 N–H and O–H groups in total. The number of carbonyl (C=O) groups excluding carboxylic acids is 3. The topological polar surface area (TPSA) is 334 Å². The maximum Gasteiger partial charge on any atom is 0.338 e. The molecule has 1 amide bonds. The van der Waals surface area contributed by atoms with E-state index in [1.165, 1.54) is 50.6 Å². The summed E-state index contributed by atoms with van der Waals surface area (Å²) in [5, 5.41) is 35.4. The van der Waals surface area contributed by atoms with Crippen molar-refractivity contribution in [1.29, 1.82) is 10.5 Å². The predicted molar refractivity (Wildman–Crippen MR) is 512 cm³/mol. The van der Waals surface area contributed by atoms with Crippen molar-refractivity contribution in [3.63, 3.8) is 0 Å². The third-order valence-corrected chi connectivity index (χ3v) is 26.0. The molecule has 3 fully saturated rings. The van der Waals surface area contributed by atoms with E-state index in [9.17, 15) is 32.8 Å². The van der Waals surface area contributed by atoms with Crippen molar-refractivity contribution < 1.29 is 37.0 Å². The molecule has 0 aliphatic carbocycles. The van der Waals surface area contributed by atoms with Gasteiger partial charge in [-0.3, -0.25) is 19.5 Å². The van der Waals surface area contributed by atoms with Crippen LogP contribution < -0.4 is 33.2 Å². The average Bonchev–Trinajstić information content (AvgIpc) is 1.64. The number of anilines is 5. The zero-order chi connectivity index (χ0) is 92.0. The fourth-order valence-electron chi connectivity index (χ4n) is 19.3. The number of nitrogen functional groups attached to an aromatic ring is 2. The number of methoxy groups -OCH3 is 2. The Morgan fingerprint density at radius 2 is 0.860 bits per heavy atom. The summed E-state index contributed by atoms with van der Waals surface area (Å²) in [6, 6.07) is 60.0. The Morgan fingerprint density at radius 1 is 0.442 bits per heavy atom. The number of nitriles is 2. The number of likely N-dealkylation sites (tertiary alicyclic amines) is 3. The Hall–Kier alpha value is -13.9. The third kappa shape index (κ3) is 18.8. The van der Waals surface area contributed by atoms with Gasteiger partial charge in [0, 0.05) is 106 Å². The third-order valence-electron chi connectivity index (χ3n) is 26.0. The molecule has 15 aromatic rings. The van der Waals surface area contributed by atoms with Crippen molar-refractivity contribution >= 4 is 123 Å². The molecule has 24 nitrogen and oxygen atoms in total. The molecule has 0 saturated carbocycles.